The Morgan fingerprint density at radius 2 is 1.23 bits per heavy atom. The van der Waals surface area contributed by atoms with E-state index in [4.69, 9.17) is 10.8 Å². The smallest absolute Gasteiger partial charge is 0.337 e. The minimum atomic E-state index is -0.745. The fourth-order valence-electron chi connectivity index (χ4n) is 2.51. The van der Waals surface area contributed by atoms with Crippen molar-refractivity contribution in [2.24, 2.45) is 17.5 Å². The summed E-state index contributed by atoms with van der Waals surface area (Å²) in [5.74, 6) is 7.16. The molecular weight excluding hydrogens is 867 g/mol. The Bertz CT molecular complexity index is 1450. The van der Waals surface area contributed by atoms with E-state index in [1.165, 1.54) is 48.4 Å². The largest absolute Gasteiger partial charge is 0.481 e. The number of carboxylic acid groups (broad SMARTS) is 1. The van der Waals surface area contributed by atoms with Gasteiger partial charge in [0, 0.05) is 75.8 Å². The zero-order valence-electron chi connectivity index (χ0n) is 38.9. The number of non-ortho nitro benzene ring substituents is 1. The molecule has 0 radical (unpaired) electrons. The summed E-state index contributed by atoms with van der Waals surface area (Å²) in [5.41, 5.74) is 7.07. The molecule has 2 heterocycles. The Morgan fingerprint density at radius 1 is 0.859 bits per heavy atom. The molecule has 0 bridgehead atoms. The van der Waals surface area contributed by atoms with Crippen LogP contribution >= 0.6 is 12.6 Å². The monoisotopic (exact) mass is 937 g/mol. The molecule has 1 aromatic rings. The summed E-state index contributed by atoms with van der Waals surface area (Å²) >= 11 is 3.79. The topological polar surface area (TPSA) is 358 Å². The number of ketones is 1. The van der Waals surface area contributed by atoms with Crippen LogP contribution in [0.15, 0.2) is 36.4 Å². The van der Waals surface area contributed by atoms with Crippen molar-refractivity contribution in [3.8, 4) is 0 Å². The number of nitrogens with two attached hydrogens (primary N) is 3. The van der Waals surface area contributed by atoms with Gasteiger partial charge in [0.05, 0.1) is 24.2 Å². The number of aliphatic carboxylic acids is 1. The lowest BCUT2D eigenvalue weighted by Crippen LogP contribution is -2.31. The molecule has 0 spiro atoms. The number of ether oxygens (including phenoxy) is 1. The molecule has 8 N–H and O–H groups in total. The zero-order chi connectivity index (χ0) is 51.6. The van der Waals surface area contributed by atoms with Gasteiger partial charge in [-0.3, -0.25) is 49.2 Å². The van der Waals surface area contributed by atoms with Gasteiger partial charge in [0.1, 0.15) is 12.1 Å². The average molecular weight is 938 g/mol. The molecular formula is C40H71N7O16S. The van der Waals surface area contributed by atoms with Crippen molar-refractivity contribution in [2.45, 2.75) is 114 Å². The Hall–Kier alpha value is -5.95. The van der Waals surface area contributed by atoms with Gasteiger partial charge in [-0.25, -0.2) is 21.3 Å². The highest BCUT2D eigenvalue weighted by atomic mass is 32.1. The number of nitrogens with zero attached hydrogens (tertiary/aromatic N) is 3. The number of nitrogens with one attached hydrogen (secondary N) is 1. The lowest BCUT2D eigenvalue weighted by molar-refractivity contribution is -0.384. The number of carbonyl (C=O) groups excluding carboxylic acids is 9. The minimum absolute atomic E-state index is 0.0485. The number of carboxylic acids is 1. The lowest BCUT2D eigenvalue weighted by atomic mass is 10.2. The third kappa shape index (κ3) is 50.4. The SMILES string of the molecule is CCC(=O)NN.CCC(=O)O.CCC(=O)ON1C(=O)CCC1=O.CCC(C)=O.CCC=O.CCN.CCN1C(=O)C=CC1=O.CCON.CCS.COC(=O)c1ccc([N+](=O)[O-])cc1. The number of imide groups is 2. The van der Waals surface area contributed by atoms with Gasteiger partial charge in [0.15, 0.2) is 0 Å². The number of methoxy groups -OCH3 is 1. The maximum Gasteiger partial charge on any atom is 0.337 e. The summed E-state index contributed by atoms with van der Waals surface area (Å²) in [5, 5.41) is 18.5. The van der Waals surface area contributed by atoms with Gasteiger partial charge in [-0.2, -0.15) is 12.6 Å². The number of hydrogen-bond acceptors (Lipinski definition) is 19. The molecule has 1 saturated heterocycles. The number of nitro benzene ring substituents is 1. The fraction of sp³-hybridized carbons (Fsp3) is 0.550. The highest BCUT2D eigenvalue weighted by Gasteiger charge is 2.32. The molecule has 2 aliphatic rings. The van der Waals surface area contributed by atoms with E-state index in [0.717, 1.165) is 18.6 Å². The molecule has 2 aliphatic heterocycles. The van der Waals surface area contributed by atoms with Crippen molar-refractivity contribution < 1.29 is 72.4 Å². The number of aldehydes is 1. The van der Waals surface area contributed by atoms with Crippen LogP contribution in [-0.2, 0) is 57.6 Å². The van der Waals surface area contributed by atoms with E-state index in [1.807, 2.05) is 40.0 Å². The predicted molar refractivity (Wildman–Crippen MR) is 241 cm³/mol. The van der Waals surface area contributed by atoms with Gasteiger partial charge in [0.25, 0.3) is 29.3 Å². The van der Waals surface area contributed by atoms with Crippen molar-refractivity contribution in [1.82, 2.24) is 15.4 Å². The highest BCUT2D eigenvalue weighted by molar-refractivity contribution is 7.80. The number of Topliss-reactive ketones (excluding diaryl/α,β-unsaturated/α-hetero) is 1. The van der Waals surface area contributed by atoms with Crippen LogP contribution in [0.3, 0.4) is 0 Å². The van der Waals surface area contributed by atoms with Gasteiger partial charge in [-0.1, -0.05) is 48.5 Å². The molecule has 0 atom stereocenters. The molecule has 1 fully saturated rings. The van der Waals surface area contributed by atoms with Crippen LogP contribution in [-0.4, -0.2) is 112 Å². The van der Waals surface area contributed by atoms with Crippen molar-refractivity contribution in [1.29, 1.82) is 0 Å². The van der Waals surface area contributed by atoms with Crippen LogP contribution in [0.4, 0.5) is 5.69 Å². The second-order valence-corrected chi connectivity index (χ2v) is 11.6. The van der Waals surface area contributed by atoms with Crippen molar-refractivity contribution >= 4 is 77.8 Å². The van der Waals surface area contributed by atoms with Crippen LogP contribution in [0.1, 0.15) is 125 Å². The Labute approximate surface area is 381 Å². The van der Waals surface area contributed by atoms with E-state index in [0.29, 0.717) is 43.0 Å². The molecule has 23 nitrogen and oxygen atoms in total. The summed E-state index contributed by atoms with van der Waals surface area (Å²) in [6, 6.07) is 5.21. The number of hydrazine groups is 1. The lowest BCUT2D eigenvalue weighted by Gasteiger charge is -2.10. The fourth-order valence-corrected chi connectivity index (χ4v) is 2.51. The average Bonchev–Trinajstić information content (AvgIpc) is 3.80. The molecule has 24 heteroatoms. The van der Waals surface area contributed by atoms with Crippen LogP contribution in [0.25, 0.3) is 0 Å². The quantitative estimate of drug-likeness (QED) is 0.0285. The predicted octanol–water partition coefficient (Wildman–Crippen LogP) is 3.56. The Balaban J connectivity index is -0.000000118. The first-order chi connectivity index (χ1) is 30.1. The molecule has 0 aromatic heterocycles. The van der Waals surface area contributed by atoms with Crippen molar-refractivity contribution in [3.05, 3.63) is 52.1 Å². The molecule has 3 rings (SSSR count). The van der Waals surface area contributed by atoms with E-state index in [-0.39, 0.29) is 54.9 Å². The van der Waals surface area contributed by atoms with Gasteiger partial charge >= 0.3 is 17.9 Å². The van der Waals surface area contributed by atoms with E-state index in [9.17, 15) is 58.1 Å². The van der Waals surface area contributed by atoms with Crippen LogP contribution < -0.4 is 22.9 Å². The number of carbonyl (C=O) groups is 10. The number of hydroxylamine groups is 2. The third-order valence-electron chi connectivity index (χ3n) is 5.82. The number of thiol groups is 1. The van der Waals surface area contributed by atoms with E-state index < -0.39 is 34.6 Å². The van der Waals surface area contributed by atoms with Crippen LogP contribution in [0.5, 0.6) is 0 Å². The molecule has 0 aliphatic carbocycles. The molecule has 5 amide bonds. The van der Waals surface area contributed by atoms with Gasteiger partial charge in [-0.15, -0.1) is 5.06 Å². The molecule has 0 saturated carbocycles. The first-order valence-corrected chi connectivity index (χ1v) is 20.4. The summed E-state index contributed by atoms with van der Waals surface area (Å²) in [4.78, 5) is 122. The Kier molecular flexibility index (Phi) is 60.2. The molecule has 1 aromatic carbocycles. The number of likely N-dealkylation sites (N-methyl/N-ethyl adjacent to an activating group) is 1. The first-order valence-electron chi connectivity index (χ1n) is 19.8. The normalized spacial score (nSPS) is 10.9. The second kappa shape index (κ2) is 53.2. The first kappa shape index (κ1) is 72.5. The second-order valence-electron chi connectivity index (χ2n) is 10.9. The van der Waals surface area contributed by atoms with E-state index in [2.05, 4.69) is 38.8 Å². The maximum atomic E-state index is 10.9. The maximum absolute atomic E-state index is 10.9. The Morgan fingerprint density at radius 3 is 1.42 bits per heavy atom. The standard InChI is InChI=1S/C8H7NO4.C7H9NO4.C6H7NO2.C4H8O.C3H8N2O.C3H6O2.C3H6O.C2H7NO.C2H7N.C2H6S/c1-13-8(10)6-2-4-7(5-3-6)9(11)12;1-2-7(11)12-8-5(9)3-4-6(8)10;1-2-7-5(8)3-4-6(7)9;1-3-4(2)5;1-2-3(6)5-4;1-2-3(4)5;1-2-3-4;1-2-4-3;2*1-2-3/h2-5H,1H3;2-4H2,1H3;3-4H,2H2,1H3;3H2,1-2H3;2,4H2,1H3,(H,5,6);2H2,1H3,(H,4,5);3H,2H2,1H3;2-3H2,1H3;2-3H2,1H3;3H,2H2,1H3. The third-order valence-corrected chi connectivity index (χ3v) is 5.82. The van der Waals surface area contributed by atoms with Crippen LogP contribution in [0, 0.1) is 10.1 Å². The van der Waals surface area contributed by atoms with Crippen molar-refractivity contribution in [3.63, 3.8) is 0 Å². The summed E-state index contributed by atoms with van der Waals surface area (Å²) in [6.45, 7) is 19.5. The highest BCUT2D eigenvalue weighted by Crippen LogP contribution is 2.13. The number of benzene rings is 1. The van der Waals surface area contributed by atoms with E-state index >= 15 is 0 Å². The molecule has 0 unspecified atom stereocenters. The van der Waals surface area contributed by atoms with Gasteiger partial charge in [0.2, 0.25) is 5.91 Å². The van der Waals surface area contributed by atoms with Crippen molar-refractivity contribution in [2.75, 3.05) is 32.6 Å². The van der Waals surface area contributed by atoms with Gasteiger partial charge < -0.3 is 34.8 Å². The summed E-state index contributed by atoms with van der Waals surface area (Å²) in [6.07, 6.45) is 5.84. The van der Waals surface area contributed by atoms with E-state index in [1.54, 1.807) is 34.6 Å². The minimum Gasteiger partial charge on any atom is -0.481 e. The zero-order valence-corrected chi connectivity index (χ0v) is 39.8. The number of amides is 5. The van der Waals surface area contributed by atoms with Gasteiger partial charge in [-0.05, 0) is 45.2 Å². The number of hydrogen-bond donors (Lipinski definition) is 6. The number of esters is 1. The van der Waals surface area contributed by atoms with Crippen LogP contribution in [0.2, 0.25) is 0 Å². The number of rotatable bonds is 10. The molecule has 368 valence electrons. The number of nitro groups is 1. The summed E-state index contributed by atoms with van der Waals surface area (Å²) in [7, 11) is 1.25. The summed E-state index contributed by atoms with van der Waals surface area (Å²) < 4.78 is 4.43. The molecule has 64 heavy (non-hydrogen) atoms.